The largest absolute Gasteiger partial charge is 0.358 e. The van der Waals surface area contributed by atoms with Crippen LogP contribution in [0, 0.1) is 0 Å². The Balaban J connectivity index is 1.95. The highest BCUT2D eigenvalue weighted by molar-refractivity contribution is 7.80. The van der Waals surface area contributed by atoms with E-state index in [2.05, 4.69) is 27.8 Å². The fourth-order valence-electron chi connectivity index (χ4n) is 2.55. The maximum atomic E-state index is 12.8. The second-order valence-electron chi connectivity index (χ2n) is 6.17. The normalized spacial score (nSPS) is 10.3. The highest BCUT2D eigenvalue weighted by Gasteiger charge is 2.17. The van der Waals surface area contributed by atoms with Crippen molar-refractivity contribution in [3.63, 3.8) is 0 Å². The first kappa shape index (κ1) is 19.2. The molecular formula is C20H19N5O2S. The van der Waals surface area contributed by atoms with Crippen LogP contribution >= 0.6 is 12.2 Å². The van der Waals surface area contributed by atoms with Crippen molar-refractivity contribution in [3.8, 4) is 5.69 Å². The summed E-state index contributed by atoms with van der Waals surface area (Å²) in [6, 6.07) is 15.8. The first-order valence-electron chi connectivity index (χ1n) is 8.53. The lowest BCUT2D eigenvalue weighted by Crippen LogP contribution is -2.47. The van der Waals surface area contributed by atoms with E-state index in [0.717, 1.165) is 5.57 Å². The summed E-state index contributed by atoms with van der Waals surface area (Å²) in [5.74, 6) is -0.514. The number of carbonyl (C=O) groups excluding carboxylic acids is 1. The quantitative estimate of drug-likeness (QED) is 0.357. The zero-order valence-corrected chi connectivity index (χ0v) is 16.0. The second-order valence-corrected chi connectivity index (χ2v) is 6.57. The van der Waals surface area contributed by atoms with E-state index >= 15 is 0 Å². The van der Waals surface area contributed by atoms with Gasteiger partial charge in [-0.25, -0.2) is 0 Å². The van der Waals surface area contributed by atoms with Gasteiger partial charge in [0.25, 0.3) is 11.5 Å². The molecule has 0 fully saturated rings. The number of nitrogens with zero attached hydrogens (tertiary/aromatic N) is 2. The van der Waals surface area contributed by atoms with Gasteiger partial charge < -0.3 is 5.32 Å². The molecule has 0 aliphatic heterocycles. The van der Waals surface area contributed by atoms with Gasteiger partial charge in [0.15, 0.2) is 10.8 Å². The van der Waals surface area contributed by atoms with E-state index in [0.29, 0.717) is 23.0 Å². The average molecular weight is 393 g/mol. The molecule has 28 heavy (non-hydrogen) atoms. The van der Waals surface area contributed by atoms with Crippen molar-refractivity contribution in [1.82, 2.24) is 25.9 Å². The number of carbonyl (C=O) groups is 1. The Bertz CT molecular complexity index is 1110. The first-order valence-corrected chi connectivity index (χ1v) is 8.94. The number of hydrogen-bond acceptors (Lipinski definition) is 4. The van der Waals surface area contributed by atoms with Gasteiger partial charge in [-0.1, -0.05) is 48.6 Å². The minimum Gasteiger partial charge on any atom is -0.358 e. The first-order chi connectivity index (χ1) is 13.5. The lowest BCUT2D eigenvalue weighted by Gasteiger charge is -2.13. The Kier molecular flexibility index (Phi) is 5.81. The monoisotopic (exact) mass is 393 g/mol. The number of benzene rings is 2. The summed E-state index contributed by atoms with van der Waals surface area (Å²) in [7, 11) is 0. The molecule has 2 aromatic carbocycles. The van der Waals surface area contributed by atoms with Gasteiger partial charge in [0, 0.05) is 11.9 Å². The summed E-state index contributed by atoms with van der Waals surface area (Å²) in [6.07, 6.45) is 0. The number of para-hydroxylation sites is 1. The van der Waals surface area contributed by atoms with E-state index in [1.54, 1.807) is 48.5 Å². The fraction of sp³-hybridized carbons (Fsp3) is 0.100. The molecule has 1 amide bonds. The third-order valence-corrected chi connectivity index (χ3v) is 4.11. The standard InChI is InChI=1S/C20H19N5O2S/c1-13(2)12-21-20(28)23-22-18(26)17-15-10-6-7-11-16(15)19(27)25(24-17)14-8-4-3-5-9-14/h3-11H,1,12H2,2H3,(H,22,26)(H2,21,23,28). The number of nitrogens with one attached hydrogen (secondary N) is 3. The van der Waals surface area contributed by atoms with E-state index in [1.807, 2.05) is 13.0 Å². The van der Waals surface area contributed by atoms with E-state index in [1.165, 1.54) is 4.68 Å². The summed E-state index contributed by atoms with van der Waals surface area (Å²) in [5, 5.41) is 8.30. The molecule has 1 heterocycles. The number of hydrogen-bond donors (Lipinski definition) is 3. The molecule has 0 atom stereocenters. The molecule has 0 aliphatic carbocycles. The Hall–Kier alpha value is -3.52. The molecule has 0 bridgehead atoms. The molecule has 3 N–H and O–H groups in total. The van der Waals surface area contributed by atoms with Crippen LogP contribution in [0.15, 0.2) is 71.5 Å². The minimum atomic E-state index is -0.514. The molecule has 1 aromatic heterocycles. The highest BCUT2D eigenvalue weighted by atomic mass is 32.1. The molecule has 0 unspecified atom stereocenters. The van der Waals surface area contributed by atoms with Crippen LogP contribution in [0.1, 0.15) is 17.4 Å². The molecule has 7 nitrogen and oxygen atoms in total. The zero-order chi connectivity index (χ0) is 20.1. The molecule has 3 rings (SSSR count). The van der Waals surface area contributed by atoms with Gasteiger partial charge in [-0.3, -0.25) is 20.4 Å². The molecule has 0 aliphatic rings. The predicted octanol–water partition coefficient (Wildman–Crippen LogP) is 2.07. The summed E-state index contributed by atoms with van der Waals surface area (Å²) >= 11 is 5.11. The number of fused-ring (bicyclic) bond motifs is 1. The molecule has 8 heteroatoms. The van der Waals surface area contributed by atoms with Crippen LogP contribution in [0.3, 0.4) is 0 Å². The third kappa shape index (κ3) is 4.24. The summed E-state index contributed by atoms with van der Waals surface area (Å²) in [4.78, 5) is 25.6. The Morgan fingerprint density at radius 3 is 2.39 bits per heavy atom. The summed E-state index contributed by atoms with van der Waals surface area (Å²) in [5.41, 5.74) is 6.41. The maximum absolute atomic E-state index is 12.8. The molecule has 0 saturated heterocycles. The van der Waals surface area contributed by atoms with Crippen LogP contribution in [0.4, 0.5) is 0 Å². The third-order valence-electron chi connectivity index (χ3n) is 3.86. The number of amides is 1. The van der Waals surface area contributed by atoms with Crippen LogP contribution in [0.2, 0.25) is 0 Å². The van der Waals surface area contributed by atoms with E-state index in [4.69, 9.17) is 12.2 Å². The van der Waals surface area contributed by atoms with E-state index in [-0.39, 0.29) is 16.4 Å². The summed E-state index contributed by atoms with van der Waals surface area (Å²) < 4.78 is 1.22. The topological polar surface area (TPSA) is 88.0 Å². The predicted molar refractivity (Wildman–Crippen MR) is 113 cm³/mol. The minimum absolute atomic E-state index is 0.106. The van der Waals surface area contributed by atoms with Crippen molar-refractivity contribution >= 4 is 34.0 Å². The van der Waals surface area contributed by atoms with Gasteiger partial charge in [-0.15, -0.1) is 0 Å². The van der Waals surface area contributed by atoms with Gasteiger partial charge in [-0.2, -0.15) is 9.78 Å². The molecule has 142 valence electrons. The lowest BCUT2D eigenvalue weighted by atomic mass is 10.1. The Morgan fingerprint density at radius 1 is 1.07 bits per heavy atom. The number of hydrazine groups is 1. The van der Waals surface area contributed by atoms with Gasteiger partial charge in [0.1, 0.15) is 0 Å². The Labute approximate surface area is 167 Å². The SMILES string of the molecule is C=C(C)CNC(=S)NNC(=O)c1nn(-c2ccccc2)c(=O)c2ccccc12. The van der Waals surface area contributed by atoms with Gasteiger partial charge in [-0.05, 0) is 37.3 Å². The average Bonchev–Trinajstić information content (AvgIpc) is 2.71. The van der Waals surface area contributed by atoms with E-state index in [9.17, 15) is 9.59 Å². The molecule has 0 radical (unpaired) electrons. The number of thiocarbonyl (C=S) groups is 1. The van der Waals surface area contributed by atoms with Crippen molar-refractivity contribution < 1.29 is 4.79 Å². The van der Waals surface area contributed by atoms with Crippen LogP contribution in [-0.2, 0) is 0 Å². The molecular weight excluding hydrogens is 374 g/mol. The molecule has 0 spiro atoms. The highest BCUT2D eigenvalue weighted by Crippen LogP contribution is 2.15. The molecule has 3 aromatic rings. The van der Waals surface area contributed by atoms with Gasteiger partial charge >= 0.3 is 0 Å². The van der Waals surface area contributed by atoms with Crippen molar-refractivity contribution in [1.29, 1.82) is 0 Å². The van der Waals surface area contributed by atoms with Crippen LogP contribution in [0.25, 0.3) is 16.5 Å². The van der Waals surface area contributed by atoms with Crippen molar-refractivity contribution in [2.24, 2.45) is 0 Å². The van der Waals surface area contributed by atoms with Crippen molar-refractivity contribution in [2.45, 2.75) is 6.92 Å². The van der Waals surface area contributed by atoms with E-state index < -0.39 is 5.91 Å². The van der Waals surface area contributed by atoms with Gasteiger partial charge in [0.05, 0.1) is 11.1 Å². The van der Waals surface area contributed by atoms with Crippen LogP contribution in [-0.4, -0.2) is 27.3 Å². The smallest absolute Gasteiger partial charge is 0.290 e. The second kappa shape index (κ2) is 8.45. The van der Waals surface area contributed by atoms with Gasteiger partial charge in [0.2, 0.25) is 0 Å². The van der Waals surface area contributed by atoms with Crippen molar-refractivity contribution in [3.05, 3.63) is 82.8 Å². The van der Waals surface area contributed by atoms with Crippen LogP contribution in [0.5, 0.6) is 0 Å². The van der Waals surface area contributed by atoms with Crippen molar-refractivity contribution in [2.75, 3.05) is 6.54 Å². The fourth-order valence-corrected chi connectivity index (χ4v) is 2.67. The number of aromatic nitrogens is 2. The number of rotatable bonds is 4. The maximum Gasteiger partial charge on any atom is 0.290 e. The molecule has 0 saturated carbocycles. The zero-order valence-electron chi connectivity index (χ0n) is 15.2. The lowest BCUT2D eigenvalue weighted by molar-refractivity contribution is 0.0939. The Morgan fingerprint density at radius 2 is 1.71 bits per heavy atom. The van der Waals surface area contributed by atoms with Crippen LogP contribution < -0.4 is 21.7 Å². The summed E-state index contributed by atoms with van der Waals surface area (Å²) in [6.45, 7) is 6.12.